The van der Waals surface area contributed by atoms with E-state index < -0.39 is 0 Å². The number of hydrogen-bond acceptors (Lipinski definition) is 2. The number of rotatable bonds is 5. The third-order valence-electron chi connectivity index (χ3n) is 2.79. The van der Waals surface area contributed by atoms with Gasteiger partial charge in [-0.15, -0.1) is 0 Å². The van der Waals surface area contributed by atoms with Crippen LogP contribution in [-0.2, 0) is 4.74 Å². The van der Waals surface area contributed by atoms with Crippen molar-refractivity contribution in [3.63, 3.8) is 0 Å². The topological polar surface area (TPSA) is 26.3 Å². The van der Waals surface area contributed by atoms with Gasteiger partial charge in [0.1, 0.15) is 0 Å². The molecule has 0 bridgehead atoms. The number of esters is 1. The zero-order valence-electron chi connectivity index (χ0n) is 10.8. The molecule has 1 aromatic carbocycles. The highest BCUT2D eigenvalue weighted by Gasteiger charge is 2.05. The van der Waals surface area contributed by atoms with Crippen molar-refractivity contribution in [2.75, 3.05) is 6.61 Å². The Hall–Kier alpha value is -1.57. The number of benzene rings is 1. The predicted molar refractivity (Wildman–Crippen MR) is 70.0 cm³/mol. The van der Waals surface area contributed by atoms with Crippen LogP contribution in [0.25, 0.3) is 0 Å². The van der Waals surface area contributed by atoms with Crippen LogP contribution >= 0.6 is 0 Å². The molecule has 0 unspecified atom stereocenters. The lowest BCUT2D eigenvalue weighted by molar-refractivity contribution is 0.0500. The standard InChI is InChI=1S/C15H20O2/c1-12(2)13(3)8-7-11-17-15(16)14-9-5-4-6-10-14/h4-6,9-10H,7-8,11H2,1-3H3. The summed E-state index contributed by atoms with van der Waals surface area (Å²) in [4.78, 5) is 11.6. The average Bonchev–Trinajstić information content (AvgIpc) is 2.35. The lowest BCUT2D eigenvalue weighted by Gasteiger charge is -2.06. The Morgan fingerprint density at radius 2 is 1.76 bits per heavy atom. The number of allylic oxidation sites excluding steroid dienone is 2. The first kappa shape index (κ1) is 13.5. The smallest absolute Gasteiger partial charge is 0.338 e. The molecule has 0 fully saturated rings. The van der Waals surface area contributed by atoms with Crippen molar-refractivity contribution in [3.05, 3.63) is 47.0 Å². The fourth-order valence-electron chi connectivity index (χ4n) is 1.41. The molecule has 0 saturated heterocycles. The third kappa shape index (κ3) is 4.85. The van der Waals surface area contributed by atoms with E-state index in [0.29, 0.717) is 12.2 Å². The summed E-state index contributed by atoms with van der Waals surface area (Å²) in [7, 11) is 0. The minimum atomic E-state index is -0.236. The molecule has 0 amide bonds. The molecule has 0 atom stereocenters. The fourth-order valence-corrected chi connectivity index (χ4v) is 1.41. The second-order valence-corrected chi connectivity index (χ2v) is 4.39. The molecular weight excluding hydrogens is 212 g/mol. The van der Waals surface area contributed by atoms with Crippen molar-refractivity contribution in [2.24, 2.45) is 0 Å². The maximum Gasteiger partial charge on any atom is 0.338 e. The molecule has 0 heterocycles. The SMILES string of the molecule is CC(C)=C(C)CCCOC(=O)c1ccccc1. The first-order chi connectivity index (χ1) is 8.11. The Morgan fingerprint density at radius 1 is 1.12 bits per heavy atom. The molecule has 0 spiro atoms. The maximum atomic E-state index is 11.6. The van der Waals surface area contributed by atoms with Crippen LogP contribution in [0.15, 0.2) is 41.5 Å². The molecular formula is C15H20O2. The van der Waals surface area contributed by atoms with Crippen LogP contribution in [0, 0.1) is 0 Å². The number of ether oxygens (including phenoxy) is 1. The minimum absolute atomic E-state index is 0.236. The van der Waals surface area contributed by atoms with Gasteiger partial charge in [-0.05, 0) is 45.7 Å². The first-order valence-electron chi connectivity index (χ1n) is 5.96. The van der Waals surface area contributed by atoms with E-state index in [4.69, 9.17) is 4.74 Å². The van der Waals surface area contributed by atoms with Gasteiger partial charge < -0.3 is 4.74 Å². The van der Waals surface area contributed by atoms with Gasteiger partial charge in [-0.3, -0.25) is 0 Å². The summed E-state index contributed by atoms with van der Waals surface area (Å²) in [5.41, 5.74) is 3.34. The lowest BCUT2D eigenvalue weighted by Crippen LogP contribution is -2.06. The van der Waals surface area contributed by atoms with Gasteiger partial charge in [0.25, 0.3) is 0 Å². The second kappa shape index (κ2) is 6.89. The maximum absolute atomic E-state index is 11.6. The second-order valence-electron chi connectivity index (χ2n) is 4.39. The van der Waals surface area contributed by atoms with Crippen LogP contribution in [0.2, 0.25) is 0 Å². The van der Waals surface area contributed by atoms with E-state index in [9.17, 15) is 4.79 Å². The van der Waals surface area contributed by atoms with E-state index in [2.05, 4.69) is 20.8 Å². The summed E-state index contributed by atoms with van der Waals surface area (Å²) in [6.07, 6.45) is 1.87. The average molecular weight is 232 g/mol. The van der Waals surface area contributed by atoms with Crippen LogP contribution in [0.3, 0.4) is 0 Å². The van der Waals surface area contributed by atoms with Crippen molar-refractivity contribution in [2.45, 2.75) is 33.6 Å². The van der Waals surface area contributed by atoms with Crippen LogP contribution in [0.5, 0.6) is 0 Å². The Morgan fingerprint density at radius 3 is 2.35 bits per heavy atom. The zero-order valence-corrected chi connectivity index (χ0v) is 10.8. The Kier molecular flexibility index (Phi) is 5.47. The van der Waals surface area contributed by atoms with E-state index in [0.717, 1.165) is 12.8 Å². The van der Waals surface area contributed by atoms with E-state index in [-0.39, 0.29) is 5.97 Å². The lowest BCUT2D eigenvalue weighted by atomic mass is 10.1. The number of carbonyl (C=O) groups is 1. The van der Waals surface area contributed by atoms with Gasteiger partial charge in [0.2, 0.25) is 0 Å². The van der Waals surface area contributed by atoms with Gasteiger partial charge in [-0.2, -0.15) is 0 Å². The highest BCUT2D eigenvalue weighted by Crippen LogP contribution is 2.10. The molecule has 0 aliphatic rings. The summed E-state index contributed by atoms with van der Waals surface area (Å²) in [6, 6.07) is 9.09. The molecule has 1 rings (SSSR count). The van der Waals surface area contributed by atoms with Crippen molar-refractivity contribution in [1.82, 2.24) is 0 Å². The van der Waals surface area contributed by atoms with Gasteiger partial charge in [0, 0.05) is 0 Å². The number of hydrogen-bond donors (Lipinski definition) is 0. The van der Waals surface area contributed by atoms with E-state index in [1.54, 1.807) is 12.1 Å². The molecule has 0 saturated carbocycles. The summed E-state index contributed by atoms with van der Waals surface area (Å²) >= 11 is 0. The predicted octanol–water partition coefficient (Wildman–Crippen LogP) is 3.98. The molecule has 92 valence electrons. The van der Waals surface area contributed by atoms with Crippen molar-refractivity contribution in [1.29, 1.82) is 0 Å². The molecule has 2 nitrogen and oxygen atoms in total. The van der Waals surface area contributed by atoms with E-state index >= 15 is 0 Å². The van der Waals surface area contributed by atoms with Gasteiger partial charge in [-0.1, -0.05) is 29.3 Å². The molecule has 17 heavy (non-hydrogen) atoms. The fraction of sp³-hybridized carbons (Fsp3) is 0.400. The highest BCUT2D eigenvalue weighted by atomic mass is 16.5. The Balaban J connectivity index is 2.29. The Labute approximate surface area is 103 Å². The first-order valence-corrected chi connectivity index (χ1v) is 5.96. The molecule has 0 aliphatic carbocycles. The minimum Gasteiger partial charge on any atom is -0.462 e. The van der Waals surface area contributed by atoms with Crippen molar-refractivity contribution >= 4 is 5.97 Å². The van der Waals surface area contributed by atoms with Crippen LogP contribution in [-0.4, -0.2) is 12.6 Å². The molecule has 0 N–H and O–H groups in total. The quantitative estimate of drug-likeness (QED) is 0.436. The largest absolute Gasteiger partial charge is 0.462 e. The van der Waals surface area contributed by atoms with Crippen molar-refractivity contribution in [3.8, 4) is 0 Å². The normalized spacial score (nSPS) is 9.82. The van der Waals surface area contributed by atoms with Crippen LogP contribution in [0.1, 0.15) is 44.0 Å². The highest BCUT2D eigenvalue weighted by molar-refractivity contribution is 5.89. The van der Waals surface area contributed by atoms with E-state index in [1.165, 1.54) is 11.1 Å². The number of carbonyl (C=O) groups excluding carboxylic acids is 1. The van der Waals surface area contributed by atoms with Gasteiger partial charge in [0.05, 0.1) is 12.2 Å². The van der Waals surface area contributed by atoms with E-state index in [1.807, 2.05) is 18.2 Å². The summed E-state index contributed by atoms with van der Waals surface area (Å²) in [5, 5.41) is 0. The monoisotopic (exact) mass is 232 g/mol. The molecule has 0 radical (unpaired) electrons. The summed E-state index contributed by atoms with van der Waals surface area (Å²) in [5.74, 6) is -0.236. The van der Waals surface area contributed by atoms with Gasteiger partial charge >= 0.3 is 5.97 Å². The molecule has 0 aliphatic heterocycles. The molecule has 0 aromatic heterocycles. The third-order valence-corrected chi connectivity index (χ3v) is 2.79. The van der Waals surface area contributed by atoms with Gasteiger partial charge in [0.15, 0.2) is 0 Å². The van der Waals surface area contributed by atoms with Gasteiger partial charge in [-0.25, -0.2) is 4.79 Å². The summed E-state index contributed by atoms with van der Waals surface area (Å²) in [6.45, 7) is 6.81. The zero-order chi connectivity index (χ0) is 12.7. The Bertz CT molecular complexity index is 387. The molecule has 2 heteroatoms. The van der Waals surface area contributed by atoms with Crippen molar-refractivity contribution < 1.29 is 9.53 Å². The molecule has 1 aromatic rings. The summed E-state index contributed by atoms with van der Waals surface area (Å²) < 4.78 is 5.20. The van der Waals surface area contributed by atoms with Crippen LogP contribution in [0.4, 0.5) is 0 Å². The van der Waals surface area contributed by atoms with Crippen LogP contribution < -0.4 is 0 Å².